The van der Waals surface area contributed by atoms with Crippen LogP contribution in [0.5, 0.6) is 23.0 Å². The number of nitrogens with zero attached hydrogens (tertiary/aromatic N) is 3. The fraction of sp³-hybridized carbons (Fsp3) is 0.383. The molecule has 316 valence electrons. The number of likely N-dealkylation sites (tertiary alicyclic amines) is 2. The number of thiophene rings is 1. The first-order valence-corrected chi connectivity index (χ1v) is 22.3. The van der Waals surface area contributed by atoms with Crippen LogP contribution in [-0.2, 0) is 16.1 Å². The van der Waals surface area contributed by atoms with Gasteiger partial charge in [-0.1, -0.05) is 36.4 Å². The van der Waals surface area contributed by atoms with Crippen LogP contribution in [0.15, 0.2) is 84.9 Å². The van der Waals surface area contributed by atoms with Crippen LogP contribution in [0, 0.1) is 5.92 Å². The van der Waals surface area contributed by atoms with Gasteiger partial charge in [0.05, 0.1) is 11.5 Å². The zero-order chi connectivity index (χ0) is 42.0. The zero-order valence-electron chi connectivity index (χ0n) is 34.1. The number of imide groups is 1. The van der Waals surface area contributed by atoms with Gasteiger partial charge in [-0.3, -0.25) is 19.7 Å². The molecule has 0 radical (unpaired) electrons. The number of phenols is 1. The van der Waals surface area contributed by atoms with Crippen molar-refractivity contribution >= 4 is 51.7 Å². The van der Waals surface area contributed by atoms with Gasteiger partial charge in [-0.05, 0) is 160 Å². The van der Waals surface area contributed by atoms with Crippen LogP contribution in [0.1, 0.15) is 72.3 Å². The van der Waals surface area contributed by atoms with E-state index in [4.69, 9.17) is 9.47 Å². The molecule has 5 heterocycles. The van der Waals surface area contributed by atoms with Crippen molar-refractivity contribution < 1.29 is 39.0 Å². The summed E-state index contributed by atoms with van der Waals surface area (Å²) in [6.45, 7) is 7.63. The molecule has 5 aromatic rings. The predicted octanol–water partition coefficient (Wildman–Crippen LogP) is 5.87. The lowest BCUT2D eigenvalue weighted by Crippen LogP contribution is -2.52. The van der Waals surface area contributed by atoms with Crippen molar-refractivity contribution in [3.63, 3.8) is 0 Å². The molecule has 14 heteroatoms. The Labute approximate surface area is 359 Å². The summed E-state index contributed by atoms with van der Waals surface area (Å²) in [7, 11) is -1.54. The second-order valence-corrected chi connectivity index (χ2v) is 17.9. The number of aromatic hydroxyl groups is 1. The molecule has 1 aromatic heterocycles. The lowest BCUT2D eigenvalue weighted by Gasteiger charge is -2.34. The van der Waals surface area contributed by atoms with Crippen LogP contribution >= 0.6 is 11.3 Å². The molecule has 3 saturated heterocycles. The average Bonchev–Trinajstić information content (AvgIpc) is 3.79. The number of amides is 3. The van der Waals surface area contributed by atoms with E-state index in [1.54, 1.807) is 29.2 Å². The average molecular weight is 843 g/mol. The quantitative estimate of drug-likeness (QED) is 0.0838. The summed E-state index contributed by atoms with van der Waals surface area (Å²) in [5, 5.41) is 32.5. The van der Waals surface area contributed by atoms with Crippen molar-refractivity contribution in [2.24, 2.45) is 5.92 Å². The third kappa shape index (κ3) is 9.19. The summed E-state index contributed by atoms with van der Waals surface area (Å²) >= 11 is 1.51. The van der Waals surface area contributed by atoms with Crippen molar-refractivity contribution in [3.05, 3.63) is 102 Å². The van der Waals surface area contributed by atoms with E-state index in [1.165, 1.54) is 16.9 Å². The fourth-order valence-electron chi connectivity index (χ4n) is 9.33. The summed E-state index contributed by atoms with van der Waals surface area (Å²) in [6, 6.07) is 25.6. The van der Waals surface area contributed by atoms with Gasteiger partial charge in [-0.2, -0.15) is 0 Å². The topological polar surface area (TPSA) is 152 Å². The molecule has 3 amide bonds. The monoisotopic (exact) mass is 842 g/mol. The second-order valence-electron chi connectivity index (χ2n) is 16.9. The largest absolute Gasteiger partial charge is 0.508 e. The smallest absolute Gasteiger partial charge is 0.488 e. The SMILES string of the molecule is O=C1CCC(N2Cc3cc(C4CCN(CCCN5CCC(COc6ccc(Oc7c(-c8ccc(B(O)O)cc8)sc8cc(O)ccc78)cc6)CC5)CC4)ccc3C2=O)C(=O)N1. The van der Waals surface area contributed by atoms with E-state index in [9.17, 15) is 29.5 Å². The van der Waals surface area contributed by atoms with Gasteiger partial charge in [0.15, 0.2) is 5.75 Å². The first-order valence-electron chi connectivity index (χ1n) is 21.5. The molecule has 1 atom stereocenters. The molecule has 9 rings (SSSR count). The van der Waals surface area contributed by atoms with Crippen molar-refractivity contribution in [1.82, 2.24) is 20.0 Å². The molecule has 4 N–H and O–H groups in total. The minimum Gasteiger partial charge on any atom is -0.508 e. The second kappa shape index (κ2) is 18.0. The number of hydrogen-bond donors (Lipinski definition) is 4. The number of phenolic OH excluding ortho intramolecular Hbond substituents is 1. The number of carbonyl (C=O) groups excluding carboxylic acids is 3. The van der Waals surface area contributed by atoms with E-state index in [2.05, 4.69) is 27.2 Å². The van der Waals surface area contributed by atoms with Gasteiger partial charge >= 0.3 is 7.12 Å². The number of ether oxygens (including phenoxy) is 2. The lowest BCUT2D eigenvalue weighted by atomic mass is 9.80. The molecule has 4 aliphatic heterocycles. The van der Waals surface area contributed by atoms with Crippen LogP contribution in [-0.4, -0.2) is 107 Å². The van der Waals surface area contributed by atoms with E-state index < -0.39 is 13.2 Å². The summed E-state index contributed by atoms with van der Waals surface area (Å²) in [4.78, 5) is 44.9. The Kier molecular flexibility index (Phi) is 12.1. The van der Waals surface area contributed by atoms with Crippen LogP contribution < -0.4 is 20.3 Å². The van der Waals surface area contributed by atoms with Gasteiger partial charge in [0, 0.05) is 28.6 Å². The minimum absolute atomic E-state index is 0.117. The number of fused-ring (bicyclic) bond motifs is 2. The number of carbonyl (C=O) groups is 3. The van der Waals surface area contributed by atoms with Gasteiger partial charge in [0.1, 0.15) is 23.3 Å². The first kappa shape index (κ1) is 41.1. The molecule has 4 aromatic carbocycles. The molecule has 3 fully saturated rings. The Morgan fingerprint density at radius 2 is 1.49 bits per heavy atom. The summed E-state index contributed by atoms with van der Waals surface area (Å²) < 4.78 is 13.6. The maximum atomic E-state index is 13.1. The van der Waals surface area contributed by atoms with Crippen LogP contribution in [0.4, 0.5) is 0 Å². The summed E-state index contributed by atoms with van der Waals surface area (Å²) in [5.41, 5.74) is 4.22. The highest BCUT2D eigenvalue weighted by Gasteiger charge is 2.39. The number of rotatable bonds is 13. The molecule has 12 nitrogen and oxygen atoms in total. The molecule has 0 spiro atoms. The highest BCUT2D eigenvalue weighted by atomic mass is 32.1. The van der Waals surface area contributed by atoms with E-state index in [-0.39, 0.29) is 29.9 Å². The number of nitrogens with one attached hydrogen (secondary N) is 1. The van der Waals surface area contributed by atoms with Crippen molar-refractivity contribution in [2.75, 3.05) is 45.9 Å². The number of hydrogen-bond acceptors (Lipinski definition) is 11. The molecule has 0 bridgehead atoms. The van der Waals surface area contributed by atoms with Gasteiger partial charge in [0.25, 0.3) is 5.91 Å². The summed E-state index contributed by atoms with van der Waals surface area (Å²) in [5.74, 6) is 2.55. The van der Waals surface area contributed by atoms with Crippen LogP contribution in [0.25, 0.3) is 20.5 Å². The van der Waals surface area contributed by atoms with Gasteiger partial charge in [0.2, 0.25) is 11.8 Å². The van der Waals surface area contributed by atoms with E-state index in [0.29, 0.717) is 53.9 Å². The van der Waals surface area contributed by atoms with E-state index in [0.717, 1.165) is 103 Å². The zero-order valence-corrected chi connectivity index (χ0v) is 34.9. The maximum Gasteiger partial charge on any atom is 0.488 e. The third-order valence-electron chi connectivity index (χ3n) is 12.9. The van der Waals surface area contributed by atoms with Crippen molar-refractivity contribution in [3.8, 4) is 33.4 Å². The summed E-state index contributed by atoms with van der Waals surface area (Å²) in [6.07, 6.45) is 6.22. The standard InChI is InChI=1S/C47H51BN4O8S/c53-36-7-13-40-42(27-36)61-45(32-2-5-35(6-3-32)48(57)58)44(40)60-38-10-8-37(9-11-38)59-29-30-16-22-50(23-17-30)20-1-21-51-24-18-31(19-25-51)33-4-12-39-34(26-33)28-52(47(39)56)41-14-15-43(54)49-46(41)55/h2-13,26-27,30-31,41,53,57-58H,1,14-25,28-29H2,(H,49,54,55). The lowest BCUT2D eigenvalue weighted by molar-refractivity contribution is -0.136. The highest BCUT2D eigenvalue weighted by Crippen LogP contribution is 2.47. The Hall–Kier alpha value is -5.25. The Morgan fingerprint density at radius 1 is 0.787 bits per heavy atom. The van der Waals surface area contributed by atoms with Crippen LogP contribution in [0.3, 0.4) is 0 Å². The Balaban J connectivity index is 0.693. The fourth-order valence-corrected chi connectivity index (χ4v) is 10.5. The molecule has 61 heavy (non-hydrogen) atoms. The number of benzene rings is 4. The maximum absolute atomic E-state index is 13.1. The minimum atomic E-state index is -1.54. The first-order chi connectivity index (χ1) is 29.6. The van der Waals surface area contributed by atoms with Gasteiger partial charge in [-0.25, -0.2) is 0 Å². The van der Waals surface area contributed by atoms with Crippen molar-refractivity contribution in [2.45, 2.75) is 63.5 Å². The number of piperidine rings is 3. The highest BCUT2D eigenvalue weighted by molar-refractivity contribution is 7.22. The van der Waals surface area contributed by atoms with Crippen LogP contribution in [0.2, 0.25) is 0 Å². The molecule has 4 aliphatic rings. The van der Waals surface area contributed by atoms with E-state index in [1.807, 2.05) is 48.5 Å². The predicted molar refractivity (Wildman–Crippen MR) is 235 cm³/mol. The van der Waals surface area contributed by atoms with Crippen molar-refractivity contribution in [1.29, 1.82) is 0 Å². The van der Waals surface area contributed by atoms with E-state index >= 15 is 0 Å². The molecular formula is C47H51BN4O8S. The van der Waals surface area contributed by atoms with Gasteiger partial charge < -0.3 is 39.3 Å². The van der Waals surface area contributed by atoms with Gasteiger partial charge in [-0.15, -0.1) is 11.3 Å². The molecule has 1 unspecified atom stereocenters. The molecule has 0 saturated carbocycles. The normalized spacial score (nSPS) is 19.3. The molecule has 0 aliphatic carbocycles. The Morgan fingerprint density at radius 3 is 2.20 bits per heavy atom. The Bertz CT molecular complexity index is 2390. The third-order valence-corrected chi connectivity index (χ3v) is 14.1. The molecular weight excluding hydrogens is 791 g/mol.